The molecule has 3 heteroatoms. The van der Waals surface area contributed by atoms with Gasteiger partial charge in [0, 0.05) is 16.7 Å². The fourth-order valence-electron chi connectivity index (χ4n) is 1.93. The Morgan fingerprint density at radius 1 is 1.33 bits per heavy atom. The summed E-state index contributed by atoms with van der Waals surface area (Å²) in [5.74, 6) is 0. The van der Waals surface area contributed by atoms with Crippen LogP contribution in [0.2, 0.25) is 0 Å². The van der Waals surface area contributed by atoms with Crippen LogP contribution in [0, 0.1) is 0 Å². The summed E-state index contributed by atoms with van der Waals surface area (Å²) in [5, 5.41) is 11.6. The van der Waals surface area contributed by atoms with Gasteiger partial charge in [-0.05, 0) is 6.08 Å². The van der Waals surface area contributed by atoms with E-state index in [-0.39, 0.29) is 0 Å². The summed E-state index contributed by atoms with van der Waals surface area (Å²) >= 11 is 0. The third-order valence-corrected chi connectivity index (χ3v) is 2.58. The van der Waals surface area contributed by atoms with Gasteiger partial charge in [-0.1, -0.05) is 35.5 Å². The summed E-state index contributed by atoms with van der Waals surface area (Å²) in [4.78, 5) is 4.49. The lowest BCUT2D eigenvalue weighted by Gasteiger charge is -2.00. The second-order valence-corrected chi connectivity index (χ2v) is 3.42. The monoisotopic (exact) mass is 196 g/mol. The van der Waals surface area contributed by atoms with Crippen LogP contribution in [0.1, 0.15) is 11.1 Å². The number of fused-ring (bicyclic) bond motifs is 3. The Morgan fingerprint density at radius 3 is 3.13 bits per heavy atom. The molecule has 0 saturated heterocycles. The normalized spacial score (nSPS) is 16.5. The van der Waals surface area contributed by atoms with Gasteiger partial charge in [-0.15, -0.1) is 0 Å². The first-order valence-corrected chi connectivity index (χ1v) is 4.68. The smallest absolute Gasteiger partial charge is 0.0805 e. The van der Waals surface area contributed by atoms with Gasteiger partial charge >= 0.3 is 0 Å². The highest BCUT2D eigenvalue weighted by Crippen LogP contribution is 2.38. The largest absolute Gasteiger partial charge is 0.411 e. The number of nitrogens with zero attached hydrogens (tertiary/aromatic N) is 2. The van der Waals surface area contributed by atoms with Crippen molar-refractivity contribution >= 4 is 23.2 Å². The maximum absolute atomic E-state index is 8.55. The molecule has 1 N–H and O–H groups in total. The van der Waals surface area contributed by atoms with Gasteiger partial charge in [-0.2, -0.15) is 0 Å². The number of allylic oxidation sites excluding steroid dienone is 4. The molecule has 3 nitrogen and oxygen atoms in total. The van der Waals surface area contributed by atoms with Crippen molar-refractivity contribution in [2.75, 3.05) is 0 Å². The first-order chi connectivity index (χ1) is 7.40. The van der Waals surface area contributed by atoms with Crippen molar-refractivity contribution in [3.63, 3.8) is 0 Å². The Hall–Kier alpha value is -2.16. The van der Waals surface area contributed by atoms with Crippen LogP contribution in [-0.2, 0) is 0 Å². The van der Waals surface area contributed by atoms with Crippen LogP contribution in [-0.4, -0.2) is 17.1 Å². The van der Waals surface area contributed by atoms with Gasteiger partial charge in [0.25, 0.3) is 0 Å². The predicted octanol–water partition coefficient (Wildman–Crippen LogP) is 2.53. The number of rotatable bonds is 1. The molecule has 0 bridgehead atoms. The van der Waals surface area contributed by atoms with Crippen LogP contribution in [0.3, 0.4) is 0 Å². The van der Waals surface area contributed by atoms with E-state index in [4.69, 9.17) is 5.21 Å². The minimum atomic E-state index is 0.839. The molecule has 3 rings (SSSR count). The minimum absolute atomic E-state index is 0.839. The van der Waals surface area contributed by atoms with Crippen molar-refractivity contribution in [2.24, 2.45) is 10.1 Å². The van der Waals surface area contributed by atoms with Crippen LogP contribution in [0.5, 0.6) is 0 Å². The van der Waals surface area contributed by atoms with Gasteiger partial charge in [-0.25, -0.2) is 4.99 Å². The van der Waals surface area contributed by atoms with Crippen molar-refractivity contribution in [1.29, 1.82) is 0 Å². The average Bonchev–Trinajstić information content (AvgIpc) is 2.79. The third kappa shape index (κ3) is 1.06. The zero-order chi connectivity index (χ0) is 10.3. The molecule has 0 fully saturated rings. The average molecular weight is 196 g/mol. The highest BCUT2D eigenvalue weighted by molar-refractivity contribution is 6.36. The van der Waals surface area contributed by atoms with Gasteiger partial charge in [0.2, 0.25) is 0 Å². The number of para-hydroxylation sites is 1. The summed E-state index contributed by atoms with van der Waals surface area (Å²) in [5.41, 5.74) is 4.97. The molecule has 0 unspecified atom stereocenters. The molecule has 1 heterocycles. The lowest BCUT2D eigenvalue weighted by Crippen LogP contribution is -1.87. The van der Waals surface area contributed by atoms with E-state index in [1.54, 1.807) is 0 Å². The number of oxime groups is 1. The van der Waals surface area contributed by atoms with E-state index in [2.05, 4.69) is 10.1 Å². The molecule has 0 aromatic heterocycles. The Morgan fingerprint density at radius 2 is 2.27 bits per heavy atom. The molecule has 2 aliphatic rings. The fourth-order valence-corrected chi connectivity index (χ4v) is 1.93. The number of hydrogen-bond acceptors (Lipinski definition) is 3. The van der Waals surface area contributed by atoms with Crippen LogP contribution >= 0.6 is 0 Å². The van der Waals surface area contributed by atoms with Gasteiger partial charge in [-0.3, -0.25) is 0 Å². The van der Waals surface area contributed by atoms with Crippen LogP contribution < -0.4 is 0 Å². The number of benzene rings is 1. The van der Waals surface area contributed by atoms with Gasteiger partial charge < -0.3 is 5.21 Å². The van der Waals surface area contributed by atoms with E-state index in [1.165, 1.54) is 6.21 Å². The number of hydrogen-bond donors (Lipinski definition) is 1. The Balaban J connectivity index is 2.25. The molecule has 72 valence electrons. The van der Waals surface area contributed by atoms with Crippen LogP contribution in [0.15, 0.2) is 46.6 Å². The Labute approximate surface area is 86.8 Å². The quantitative estimate of drug-likeness (QED) is 0.418. The molecule has 0 radical (unpaired) electrons. The van der Waals surface area contributed by atoms with E-state index in [9.17, 15) is 0 Å². The predicted molar refractivity (Wildman–Crippen MR) is 60.0 cm³/mol. The van der Waals surface area contributed by atoms with Gasteiger partial charge in [0.05, 0.1) is 17.6 Å². The maximum Gasteiger partial charge on any atom is 0.0805 e. The SMILES string of the molecule is O/N=C/c1cccc2c1N=C1C=CC=C12. The lowest BCUT2D eigenvalue weighted by atomic mass is 10.0. The van der Waals surface area contributed by atoms with E-state index in [0.29, 0.717) is 0 Å². The molecule has 0 spiro atoms. The minimum Gasteiger partial charge on any atom is -0.411 e. The molecule has 1 aliphatic heterocycles. The van der Waals surface area contributed by atoms with Crippen LogP contribution in [0.4, 0.5) is 5.69 Å². The van der Waals surface area contributed by atoms with Gasteiger partial charge in [0.1, 0.15) is 0 Å². The van der Waals surface area contributed by atoms with Crippen molar-refractivity contribution < 1.29 is 5.21 Å². The molecular weight excluding hydrogens is 188 g/mol. The van der Waals surface area contributed by atoms with E-state index < -0.39 is 0 Å². The standard InChI is InChI=1S/C12H8N2O/c15-13-7-8-3-1-5-10-9-4-2-6-11(9)14-12(8)10/h1-7,15H/b13-7+. The summed E-state index contributed by atoms with van der Waals surface area (Å²) in [6.07, 6.45) is 7.43. The molecule has 0 atom stereocenters. The molecule has 0 amide bonds. The topological polar surface area (TPSA) is 45.0 Å². The Kier molecular flexibility index (Phi) is 1.59. The molecule has 1 aliphatic carbocycles. The third-order valence-electron chi connectivity index (χ3n) is 2.58. The van der Waals surface area contributed by atoms with E-state index in [0.717, 1.165) is 28.1 Å². The van der Waals surface area contributed by atoms with Crippen molar-refractivity contribution in [1.82, 2.24) is 0 Å². The van der Waals surface area contributed by atoms with E-state index >= 15 is 0 Å². The molecule has 1 aromatic rings. The van der Waals surface area contributed by atoms with Gasteiger partial charge in [0.15, 0.2) is 0 Å². The second-order valence-electron chi connectivity index (χ2n) is 3.42. The Bertz CT molecular complexity index is 551. The maximum atomic E-state index is 8.55. The van der Waals surface area contributed by atoms with Crippen LogP contribution in [0.25, 0.3) is 5.57 Å². The fraction of sp³-hybridized carbons (Fsp3) is 0. The highest BCUT2D eigenvalue weighted by Gasteiger charge is 2.22. The van der Waals surface area contributed by atoms with E-state index in [1.807, 2.05) is 36.4 Å². The van der Waals surface area contributed by atoms with Crippen molar-refractivity contribution in [3.05, 3.63) is 47.6 Å². The van der Waals surface area contributed by atoms with Crippen molar-refractivity contribution in [2.45, 2.75) is 0 Å². The summed E-state index contributed by atoms with van der Waals surface area (Å²) in [6.45, 7) is 0. The zero-order valence-corrected chi connectivity index (χ0v) is 7.88. The number of aliphatic imine (C=N–C) groups is 1. The molecule has 15 heavy (non-hydrogen) atoms. The molecule has 1 aromatic carbocycles. The highest BCUT2D eigenvalue weighted by atomic mass is 16.4. The van der Waals surface area contributed by atoms with Crippen molar-refractivity contribution in [3.8, 4) is 0 Å². The molecule has 0 saturated carbocycles. The summed E-state index contributed by atoms with van der Waals surface area (Å²) < 4.78 is 0. The molecular formula is C12H8N2O. The summed E-state index contributed by atoms with van der Waals surface area (Å²) in [7, 11) is 0. The lowest BCUT2D eigenvalue weighted by molar-refractivity contribution is 0.322. The first-order valence-electron chi connectivity index (χ1n) is 4.68. The first kappa shape index (κ1) is 8.17. The zero-order valence-electron chi connectivity index (χ0n) is 7.88. The summed E-state index contributed by atoms with van der Waals surface area (Å²) in [6, 6.07) is 5.85. The second kappa shape index (κ2) is 2.92.